The van der Waals surface area contributed by atoms with Gasteiger partial charge in [-0.3, -0.25) is 0 Å². The van der Waals surface area contributed by atoms with Crippen LogP contribution < -0.4 is 10.1 Å². The number of rotatable bonds is 4. The van der Waals surface area contributed by atoms with E-state index in [1.807, 2.05) is 32.9 Å². The van der Waals surface area contributed by atoms with Gasteiger partial charge in [0.15, 0.2) is 5.75 Å². The van der Waals surface area contributed by atoms with Gasteiger partial charge in [0.05, 0.1) is 17.9 Å². The van der Waals surface area contributed by atoms with Crippen LogP contribution in [0.4, 0.5) is 5.69 Å². The fraction of sp³-hybridized carbons (Fsp3) is 0.533. The van der Waals surface area contributed by atoms with Gasteiger partial charge in [0.2, 0.25) is 0 Å². The second-order valence-electron chi connectivity index (χ2n) is 5.55. The van der Waals surface area contributed by atoms with E-state index in [0.717, 1.165) is 12.2 Å². The van der Waals surface area contributed by atoms with Crippen LogP contribution in [-0.4, -0.2) is 37.9 Å². The number of nitrogens with one attached hydrogen (secondary N) is 1. The van der Waals surface area contributed by atoms with Gasteiger partial charge in [-0.05, 0) is 32.9 Å². The third-order valence-electron chi connectivity index (χ3n) is 2.75. The van der Waals surface area contributed by atoms with Crippen molar-refractivity contribution in [1.82, 2.24) is 0 Å². The van der Waals surface area contributed by atoms with E-state index in [0.29, 0.717) is 24.5 Å². The molecule has 5 heteroatoms. The van der Waals surface area contributed by atoms with Gasteiger partial charge < -0.3 is 19.5 Å². The minimum Gasteiger partial charge on any atom is -0.489 e. The van der Waals surface area contributed by atoms with Gasteiger partial charge in [-0.2, -0.15) is 0 Å². The average molecular weight is 279 g/mol. The minimum atomic E-state index is -0.386. The van der Waals surface area contributed by atoms with Crippen molar-refractivity contribution < 1.29 is 19.0 Å². The van der Waals surface area contributed by atoms with Gasteiger partial charge in [0, 0.05) is 6.54 Å². The summed E-state index contributed by atoms with van der Waals surface area (Å²) >= 11 is 0. The third kappa shape index (κ3) is 3.87. The molecule has 0 saturated carbocycles. The highest BCUT2D eigenvalue weighted by Gasteiger charge is 2.20. The highest BCUT2D eigenvalue weighted by Crippen LogP contribution is 2.31. The molecule has 1 aromatic rings. The molecule has 0 aliphatic carbocycles. The molecule has 2 rings (SSSR count). The lowest BCUT2D eigenvalue weighted by atomic mass is 10.1. The van der Waals surface area contributed by atoms with Crippen molar-refractivity contribution in [2.75, 3.05) is 31.7 Å². The van der Waals surface area contributed by atoms with E-state index in [2.05, 4.69) is 5.32 Å². The van der Waals surface area contributed by atoms with E-state index in [9.17, 15) is 4.79 Å². The number of para-hydroxylation sites is 1. The maximum Gasteiger partial charge on any atom is 0.342 e. The van der Waals surface area contributed by atoms with Crippen LogP contribution in [0.3, 0.4) is 0 Å². The first-order valence-corrected chi connectivity index (χ1v) is 6.78. The number of benzene rings is 1. The molecule has 0 bridgehead atoms. The minimum absolute atomic E-state index is 0.229. The summed E-state index contributed by atoms with van der Waals surface area (Å²) in [6.45, 7) is 7.78. The van der Waals surface area contributed by atoms with Gasteiger partial charge in [-0.15, -0.1) is 0 Å². The molecule has 0 fully saturated rings. The van der Waals surface area contributed by atoms with Crippen molar-refractivity contribution >= 4 is 11.7 Å². The Morgan fingerprint density at radius 3 is 2.90 bits per heavy atom. The Labute approximate surface area is 119 Å². The zero-order valence-electron chi connectivity index (χ0n) is 12.2. The Balaban J connectivity index is 1.93. The Bertz CT molecular complexity index is 479. The molecule has 1 aliphatic heterocycles. The normalized spacial score (nSPS) is 13.9. The lowest BCUT2D eigenvalue weighted by Gasteiger charge is -2.21. The molecular weight excluding hydrogens is 258 g/mol. The van der Waals surface area contributed by atoms with Crippen molar-refractivity contribution in [3.05, 3.63) is 23.8 Å². The second-order valence-corrected chi connectivity index (χ2v) is 5.55. The highest BCUT2D eigenvalue weighted by molar-refractivity contribution is 5.95. The maximum absolute atomic E-state index is 12.1. The average Bonchev–Trinajstić information content (AvgIpc) is 2.41. The molecule has 110 valence electrons. The molecule has 5 nitrogen and oxygen atoms in total. The molecule has 0 saturated heterocycles. The molecule has 0 spiro atoms. The monoisotopic (exact) mass is 279 g/mol. The lowest BCUT2D eigenvalue weighted by Crippen LogP contribution is -2.23. The van der Waals surface area contributed by atoms with Crippen LogP contribution in [0.15, 0.2) is 18.2 Å². The number of hydrogen-bond donors (Lipinski definition) is 1. The van der Waals surface area contributed by atoms with Gasteiger partial charge in [0.25, 0.3) is 0 Å². The first-order chi connectivity index (χ1) is 9.47. The van der Waals surface area contributed by atoms with Crippen LogP contribution in [0, 0.1) is 0 Å². The predicted octanol–water partition coefficient (Wildman–Crippen LogP) is 2.46. The van der Waals surface area contributed by atoms with Gasteiger partial charge in [0.1, 0.15) is 18.8 Å². The molecule has 0 atom stereocenters. The molecule has 20 heavy (non-hydrogen) atoms. The predicted molar refractivity (Wildman–Crippen MR) is 76.4 cm³/mol. The molecule has 1 N–H and O–H groups in total. The first kappa shape index (κ1) is 14.7. The number of esters is 1. The molecular formula is C15H21NO4. The molecule has 0 radical (unpaired) electrons. The molecule has 1 heterocycles. The molecule has 1 aromatic carbocycles. The Morgan fingerprint density at radius 1 is 1.35 bits per heavy atom. The molecule has 0 aromatic heterocycles. The summed E-state index contributed by atoms with van der Waals surface area (Å²) in [4.78, 5) is 12.1. The number of carbonyl (C=O) groups excluding carboxylic acids is 1. The van der Waals surface area contributed by atoms with Gasteiger partial charge in [-0.1, -0.05) is 6.07 Å². The number of anilines is 1. The largest absolute Gasteiger partial charge is 0.489 e. The van der Waals surface area contributed by atoms with Crippen molar-refractivity contribution in [3.8, 4) is 5.75 Å². The Hall–Kier alpha value is -1.75. The van der Waals surface area contributed by atoms with Crippen molar-refractivity contribution in [2.45, 2.75) is 26.4 Å². The standard InChI is InChI=1S/C15H21NO4/c1-15(2,3)20-10-9-19-14(17)11-5-4-6-12-13(11)18-8-7-16-12/h4-6,16H,7-10H2,1-3H3. The summed E-state index contributed by atoms with van der Waals surface area (Å²) in [7, 11) is 0. The van der Waals surface area contributed by atoms with E-state index in [4.69, 9.17) is 14.2 Å². The zero-order valence-corrected chi connectivity index (χ0v) is 12.2. The maximum atomic E-state index is 12.1. The van der Waals surface area contributed by atoms with Crippen LogP contribution in [0.2, 0.25) is 0 Å². The Kier molecular flexibility index (Phi) is 4.49. The van der Waals surface area contributed by atoms with E-state index < -0.39 is 0 Å². The fourth-order valence-corrected chi connectivity index (χ4v) is 1.89. The van der Waals surface area contributed by atoms with Crippen molar-refractivity contribution in [2.24, 2.45) is 0 Å². The second kappa shape index (κ2) is 6.13. The van der Waals surface area contributed by atoms with E-state index in [1.54, 1.807) is 6.07 Å². The molecule has 0 unspecified atom stereocenters. The van der Waals surface area contributed by atoms with E-state index >= 15 is 0 Å². The lowest BCUT2D eigenvalue weighted by molar-refractivity contribution is -0.0282. The fourth-order valence-electron chi connectivity index (χ4n) is 1.89. The van der Waals surface area contributed by atoms with E-state index in [-0.39, 0.29) is 18.2 Å². The number of carbonyl (C=O) groups is 1. The van der Waals surface area contributed by atoms with Crippen LogP contribution in [0.5, 0.6) is 5.75 Å². The summed E-state index contributed by atoms with van der Waals surface area (Å²) in [5.41, 5.74) is 1.05. The number of hydrogen-bond acceptors (Lipinski definition) is 5. The van der Waals surface area contributed by atoms with Crippen LogP contribution in [-0.2, 0) is 9.47 Å². The highest BCUT2D eigenvalue weighted by atomic mass is 16.6. The van der Waals surface area contributed by atoms with Crippen LogP contribution in [0.25, 0.3) is 0 Å². The van der Waals surface area contributed by atoms with Crippen LogP contribution in [0.1, 0.15) is 31.1 Å². The smallest absolute Gasteiger partial charge is 0.342 e. The summed E-state index contributed by atoms with van der Waals surface area (Å²) in [5.74, 6) is 0.184. The summed E-state index contributed by atoms with van der Waals surface area (Å²) in [6, 6.07) is 5.40. The number of ether oxygens (including phenoxy) is 3. The SMILES string of the molecule is CC(C)(C)OCCOC(=O)c1cccc2c1OCCN2. The summed E-state index contributed by atoms with van der Waals surface area (Å²) < 4.78 is 16.3. The number of fused-ring (bicyclic) bond motifs is 1. The summed E-state index contributed by atoms with van der Waals surface area (Å²) in [5, 5.41) is 3.19. The van der Waals surface area contributed by atoms with Crippen molar-refractivity contribution in [3.63, 3.8) is 0 Å². The molecule has 1 aliphatic rings. The third-order valence-corrected chi connectivity index (χ3v) is 2.75. The Morgan fingerprint density at radius 2 is 2.15 bits per heavy atom. The van der Waals surface area contributed by atoms with Crippen molar-refractivity contribution in [1.29, 1.82) is 0 Å². The van der Waals surface area contributed by atoms with Gasteiger partial charge in [-0.25, -0.2) is 4.79 Å². The van der Waals surface area contributed by atoms with Crippen LogP contribution >= 0.6 is 0 Å². The topological polar surface area (TPSA) is 56.8 Å². The van der Waals surface area contributed by atoms with E-state index in [1.165, 1.54) is 0 Å². The zero-order chi connectivity index (χ0) is 14.6. The van der Waals surface area contributed by atoms with Gasteiger partial charge >= 0.3 is 5.97 Å². The first-order valence-electron chi connectivity index (χ1n) is 6.78. The quantitative estimate of drug-likeness (QED) is 0.677. The summed E-state index contributed by atoms with van der Waals surface area (Å²) in [6.07, 6.45) is 0. The molecule has 0 amide bonds.